The van der Waals surface area contributed by atoms with Gasteiger partial charge < -0.3 is 10.3 Å². The van der Waals surface area contributed by atoms with Gasteiger partial charge in [0.2, 0.25) is 0 Å². The first kappa shape index (κ1) is 19.9. The van der Waals surface area contributed by atoms with Gasteiger partial charge in [-0.25, -0.2) is 4.98 Å². The molecule has 5 rings (SSSR count). The maximum Gasteiger partial charge on any atom is 0.132 e. The van der Waals surface area contributed by atoms with E-state index >= 15 is 0 Å². The number of nitrogens with zero attached hydrogens (tertiary/aromatic N) is 5. The summed E-state index contributed by atoms with van der Waals surface area (Å²) in [5.74, 6) is 2.16. The van der Waals surface area contributed by atoms with Crippen LogP contribution in [0.2, 0.25) is 0 Å². The number of anilines is 2. The van der Waals surface area contributed by atoms with Gasteiger partial charge in [0, 0.05) is 54.7 Å². The molecule has 32 heavy (non-hydrogen) atoms. The van der Waals surface area contributed by atoms with E-state index in [1.54, 1.807) is 0 Å². The lowest BCUT2D eigenvalue weighted by Gasteiger charge is -2.07. The van der Waals surface area contributed by atoms with Crippen molar-refractivity contribution in [1.29, 1.82) is 0 Å². The average molecular weight is 424 g/mol. The molecule has 0 amide bonds. The van der Waals surface area contributed by atoms with Crippen molar-refractivity contribution in [1.82, 2.24) is 29.7 Å². The summed E-state index contributed by atoms with van der Waals surface area (Å²) in [7, 11) is 1.92. The molecule has 0 aliphatic rings. The van der Waals surface area contributed by atoms with E-state index in [4.69, 9.17) is 4.98 Å². The van der Waals surface area contributed by atoms with Gasteiger partial charge in [-0.05, 0) is 54.3 Å². The van der Waals surface area contributed by atoms with Gasteiger partial charge >= 0.3 is 0 Å². The molecule has 160 valence electrons. The Morgan fingerprint density at radius 1 is 1.00 bits per heavy atom. The standard InChI is InChI=1S/C25H25N7/c1-15(2)17-9-24(28-12-17)30-23-6-5-21-22(29-23)8-18(13-27-21)20-14-32(4)31-25(20)19-7-16(3)10-26-11-19/h5-15,28H,1-4H3,(H,29,30). The summed E-state index contributed by atoms with van der Waals surface area (Å²) >= 11 is 0. The third kappa shape index (κ3) is 3.85. The zero-order valence-corrected chi connectivity index (χ0v) is 18.6. The van der Waals surface area contributed by atoms with Crippen molar-refractivity contribution in [2.75, 3.05) is 5.32 Å². The van der Waals surface area contributed by atoms with E-state index in [-0.39, 0.29) is 0 Å². The summed E-state index contributed by atoms with van der Waals surface area (Å²) in [6, 6.07) is 10.2. The lowest BCUT2D eigenvalue weighted by molar-refractivity contribution is 0.771. The summed E-state index contributed by atoms with van der Waals surface area (Å²) < 4.78 is 1.82. The second kappa shape index (κ2) is 7.92. The Labute approximate surface area is 186 Å². The normalized spacial score (nSPS) is 11.4. The molecular formula is C25H25N7. The number of rotatable bonds is 5. The van der Waals surface area contributed by atoms with Gasteiger partial charge in [-0.15, -0.1) is 0 Å². The highest BCUT2D eigenvalue weighted by Crippen LogP contribution is 2.32. The minimum atomic E-state index is 0.468. The minimum absolute atomic E-state index is 0.468. The summed E-state index contributed by atoms with van der Waals surface area (Å²) in [4.78, 5) is 17.0. The van der Waals surface area contributed by atoms with Crippen LogP contribution in [0.25, 0.3) is 33.4 Å². The molecule has 5 aromatic heterocycles. The van der Waals surface area contributed by atoms with Gasteiger partial charge in [0.05, 0.1) is 11.0 Å². The number of fused-ring (bicyclic) bond motifs is 1. The van der Waals surface area contributed by atoms with Crippen LogP contribution in [0, 0.1) is 6.92 Å². The van der Waals surface area contributed by atoms with Crippen LogP contribution in [-0.4, -0.2) is 29.7 Å². The lowest BCUT2D eigenvalue weighted by atomic mass is 10.0. The van der Waals surface area contributed by atoms with Gasteiger partial charge in [0.25, 0.3) is 0 Å². The summed E-state index contributed by atoms with van der Waals surface area (Å²) in [5, 5.41) is 8.04. The van der Waals surface area contributed by atoms with Crippen LogP contribution < -0.4 is 5.32 Å². The van der Waals surface area contributed by atoms with Gasteiger partial charge in [0.1, 0.15) is 17.3 Å². The van der Waals surface area contributed by atoms with E-state index in [2.05, 4.69) is 57.4 Å². The van der Waals surface area contributed by atoms with Crippen LogP contribution in [0.1, 0.15) is 30.9 Å². The van der Waals surface area contributed by atoms with Crippen molar-refractivity contribution < 1.29 is 0 Å². The van der Waals surface area contributed by atoms with E-state index in [9.17, 15) is 0 Å². The van der Waals surface area contributed by atoms with Crippen molar-refractivity contribution in [3.05, 3.63) is 72.4 Å². The molecule has 0 aliphatic heterocycles. The predicted molar refractivity (Wildman–Crippen MR) is 128 cm³/mol. The minimum Gasteiger partial charge on any atom is -0.348 e. The molecule has 0 spiro atoms. The van der Waals surface area contributed by atoms with Gasteiger partial charge in [0.15, 0.2) is 0 Å². The molecule has 0 bridgehead atoms. The average Bonchev–Trinajstić information content (AvgIpc) is 3.40. The fraction of sp³-hybridized carbons (Fsp3) is 0.200. The van der Waals surface area contributed by atoms with E-state index in [0.717, 1.165) is 50.6 Å². The smallest absolute Gasteiger partial charge is 0.132 e. The third-order valence-corrected chi connectivity index (χ3v) is 5.46. The first-order valence-corrected chi connectivity index (χ1v) is 10.6. The van der Waals surface area contributed by atoms with E-state index < -0.39 is 0 Å². The molecule has 0 saturated carbocycles. The molecule has 0 aromatic carbocycles. The van der Waals surface area contributed by atoms with Gasteiger partial charge in [-0.2, -0.15) is 5.10 Å². The summed E-state index contributed by atoms with van der Waals surface area (Å²) in [6.07, 6.45) is 9.60. The van der Waals surface area contributed by atoms with Crippen LogP contribution in [0.4, 0.5) is 11.6 Å². The predicted octanol–water partition coefficient (Wildman–Crippen LogP) is 5.60. The Hall–Kier alpha value is -4.00. The molecule has 0 atom stereocenters. The number of aryl methyl sites for hydroxylation is 2. The molecule has 7 nitrogen and oxygen atoms in total. The fourth-order valence-electron chi connectivity index (χ4n) is 3.78. The summed E-state index contributed by atoms with van der Waals surface area (Å²) in [5.41, 5.74) is 7.85. The molecule has 7 heteroatoms. The number of hydrogen-bond donors (Lipinski definition) is 2. The molecule has 0 aliphatic carbocycles. The number of pyridine rings is 3. The molecule has 0 fully saturated rings. The molecule has 0 saturated heterocycles. The summed E-state index contributed by atoms with van der Waals surface area (Å²) in [6.45, 7) is 6.38. The fourth-order valence-corrected chi connectivity index (χ4v) is 3.78. The van der Waals surface area contributed by atoms with E-state index in [1.807, 2.05) is 61.8 Å². The number of H-pyrrole nitrogens is 1. The second-order valence-corrected chi connectivity index (χ2v) is 8.40. The Morgan fingerprint density at radius 3 is 2.66 bits per heavy atom. The maximum atomic E-state index is 4.80. The number of hydrogen-bond acceptors (Lipinski definition) is 5. The molecular weight excluding hydrogens is 398 g/mol. The molecule has 0 radical (unpaired) electrons. The van der Waals surface area contributed by atoms with E-state index in [1.165, 1.54) is 5.56 Å². The zero-order chi connectivity index (χ0) is 22.2. The third-order valence-electron chi connectivity index (χ3n) is 5.46. The first-order chi connectivity index (χ1) is 15.5. The monoisotopic (exact) mass is 423 g/mol. The quantitative estimate of drug-likeness (QED) is 0.385. The lowest BCUT2D eigenvalue weighted by Crippen LogP contribution is -1.95. The highest BCUT2D eigenvalue weighted by atomic mass is 15.3. The Kier molecular flexibility index (Phi) is 4.93. The Balaban J connectivity index is 1.52. The van der Waals surface area contributed by atoms with Crippen molar-refractivity contribution in [3.63, 3.8) is 0 Å². The highest BCUT2D eigenvalue weighted by Gasteiger charge is 2.14. The Morgan fingerprint density at radius 2 is 1.88 bits per heavy atom. The van der Waals surface area contributed by atoms with Crippen LogP contribution in [-0.2, 0) is 7.05 Å². The Bertz CT molecular complexity index is 1410. The van der Waals surface area contributed by atoms with Crippen LogP contribution in [0.3, 0.4) is 0 Å². The van der Waals surface area contributed by atoms with Crippen molar-refractivity contribution in [2.45, 2.75) is 26.7 Å². The van der Waals surface area contributed by atoms with Crippen molar-refractivity contribution in [2.24, 2.45) is 7.05 Å². The van der Waals surface area contributed by atoms with Crippen LogP contribution in [0.15, 0.2) is 61.3 Å². The second-order valence-electron chi connectivity index (χ2n) is 8.40. The van der Waals surface area contributed by atoms with Gasteiger partial charge in [-0.3, -0.25) is 14.6 Å². The molecule has 2 N–H and O–H groups in total. The largest absolute Gasteiger partial charge is 0.348 e. The molecule has 0 unspecified atom stereocenters. The SMILES string of the molecule is Cc1cncc(-c2nn(C)cc2-c2cnc3ccc(Nc4cc(C(C)C)c[nH]4)nc3c2)c1. The maximum absolute atomic E-state index is 4.80. The molecule has 5 aromatic rings. The van der Waals surface area contributed by atoms with Crippen molar-refractivity contribution in [3.8, 4) is 22.4 Å². The number of aromatic nitrogens is 6. The van der Waals surface area contributed by atoms with Crippen molar-refractivity contribution >= 4 is 22.7 Å². The highest BCUT2D eigenvalue weighted by molar-refractivity contribution is 5.86. The van der Waals surface area contributed by atoms with E-state index in [0.29, 0.717) is 5.92 Å². The van der Waals surface area contributed by atoms with Crippen LogP contribution in [0.5, 0.6) is 0 Å². The van der Waals surface area contributed by atoms with Gasteiger partial charge in [-0.1, -0.05) is 13.8 Å². The number of aromatic amines is 1. The van der Waals surface area contributed by atoms with Crippen LogP contribution >= 0.6 is 0 Å². The molecule has 5 heterocycles. The topological polar surface area (TPSA) is 84.3 Å². The zero-order valence-electron chi connectivity index (χ0n) is 18.6. The first-order valence-electron chi connectivity index (χ1n) is 10.6. The number of nitrogens with one attached hydrogen (secondary N) is 2.